The van der Waals surface area contributed by atoms with Gasteiger partial charge < -0.3 is 15.7 Å². The summed E-state index contributed by atoms with van der Waals surface area (Å²) in [6.07, 6.45) is 6.86. The molecule has 6 nitrogen and oxygen atoms in total. The molecule has 3 N–H and O–H groups in total. The molecule has 3 fully saturated rings. The summed E-state index contributed by atoms with van der Waals surface area (Å²) in [4.78, 5) is 17.0. The summed E-state index contributed by atoms with van der Waals surface area (Å²) in [6, 6.07) is 6.99. The molecule has 148 valence electrons. The molecule has 5 rings (SSSR count). The number of benzene rings is 1. The first-order valence-corrected chi connectivity index (χ1v) is 10.5. The van der Waals surface area contributed by atoms with Crippen LogP contribution >= 0.6 is 0 Å². The lowest BCUT2D eigenvalue weighted by Crippen LogP contribution is -2.69. The number of rotatable bonds is 4. The molecule has 3 aliphatic rings. The van der Waals surface area contributed by atoms with Crippen molar-refractivity contribution >= 4 is 22.4 Å². The summed E-state index contributed by atoms with van der Waals surface area (Å²) >= 11 is 0. The van der Waals surface area contributed by atoms with E-state index in [2.05, 4.69) is 30.0 Å². The molecule has 0 atom stereocenters. The van der Waals surface area contributed by atoms with Crippen LogP contribution in [0.15, 0.2) is 23.2 Å². The van der Waals surface area contributed by atoms with Gasteiger partial charge >= 0.3 is 0 Å². The van der Waals surface area contributed by atoms with Gasteiger partial charge in [0.2, 0.25) is 0 Å². The Labute approximate surface area is 165 Å². The molecular formula is C22H29N5O. The lowest BCUT2D eigenvalue weighted by molar-refractivity contribution is 0.167. The molecule has 28 heavy (non-hydrogen) atoms. The normalized spacial score (nSPS) is 24.3. The van der Waals surface area contributed by atoms with E-state index in [1.165, 1.54) is 24.1 Å². The number of nitrogens with zero attached hydrogens (tertiary/aromatic N) is 4. The molecule has 1 aromatic heterocycles. The van der Waals surface area contributed by atoms with Crippen molar-refractivity contribution in [2.24, 2.45) is 10.7 Å². The summed E-state index contributed by atoms with van der Waals surface area (Å²) in [7, 11) is 0. The van der Waals surface area contributed by atoms with E-state index in [0.29, 0.717) is 25.0 Å². The van der Waals surface area contributed by atoms with E-state index >= 15 is 0 Å². The van der Waals surface area contributed by atoms with Crippen LogP contribution in [0.3, 0.4) is 0 Å². The van der Waals surface area contributed by atoms with Crippen molar-refractivity contribution < 1.29 is 5.11 Å². The quantitative estimate of drug-likeness (QED) is 0.853. The number of aryl methyl sites for hydroxylation is 1. The zero-order chi connectivity index (χ0) is 19.3. The van der Waals surface area contributed by atoms with Crippen LogP contribution in [0.5, 0.6) is 0 Å². The first-order chi connectivity index (χ1) is 13.5. The van der Waals surface area contributed by atoms with Gasteiger partial charge in [-0.2, -0.15) is 0 Å². The molecule has 6 heteroatoms. The average molecular weight is 380 g/mol. The van der Waals surface area contributed by atoms with Crippen LogP contribution in [0.4, 0.5) is 5.82 Å². The van der Waals surface area contributed by atoms with Crippen molar-refractivity contribution in [2.75, 3.05) is 24.6 Å². The molecule has 0 unspecified atom stereocenters. The largest absolute Gasteiger partial charge is 0.394 e. The minimum absolute atomic E-state index is 0.00410. The van der Waals surface area contributed by atoms with Gasteiger partial charge in [0.05, 0.1) is 23.7 Å². The Hall–Kier alpha value is -2.05. The van der Waals surface area contributed by atoms with Crippen LogP contribution in [-0.2, 0) is 0 Å². The van der Waals surface area contributed by atoms with E-state index in [9.17, 15) is 5.11 Å². The number of anilines is 1. The number of aliphatic hydroxyl groups is 1. The summed E-state index contributed by atoms with van der Waals surface area (Å²) in [6.45, 7) is 3.36. The third-order valence-corrected chi connectivity index (χ3v) is 6.31. The Morgan fingerprint density at radius 3 is 2.61 bits per heavy atom. The van der Waals surface area contributed by atoms with Gasteiger partial charge in [0.1, 0.15) is 11.6 Å². The Bertz CT molecular complexity index is 920. The van der Waals surface area contributed by atoms with Crippen LogP contribution in [0, 0.1) is 6.92 Å². The third kappa shape index (κ3) is 3.40. The zero-order valence-corrected chi connectivity index (χ0v) is 16.6. The molecule has 1 saturated heterocycles. The fourth-order valence-corrected chi connectivity index (χ4v) is 4.43. The molecule has 0 bridgehead atoms. The molecule has 1 aromatic carbocycles. The van der Waals surface area contributed by atoms with Gasteiger partial charge in [-0.05, 0) is 57.6 Å². The minimum atomic E-state index is -0.514. The first kappa shape index (κ1) is 18.0. The molecular weight excluding hydrogens is 350 g/mol. The number of hydrogen-bond donors (Lipinski definition) is 2. The molecule has 2 heterocycles. The fourth-order valence-electron chi connectivity index (χ4n) is 4.43. The summed E-state index contributed by atoms with van der Waals surface area (Å²) < 4.78 is 0. The second-order valence-corrected chi connectivity index (χ2v) is 9.00. The molecule has 2 aromatic rings. The van der Waals surface area contributed by atoms with Crippen LogP contribution in [-0.4, -0.2) is 52.1 Å². The number of aliphatic imine (C=N–C) groups is 1. The van der Waals surface area contributed by atoms with Crippen LogP contribution in [0.25, 0.3) is 10.9 Å². The lowest BCUT2D eigenvalue weighted by Gasteiger charge is -2.47. The van der Waals surface area contributed by atoms with E-state index in [-0.39, 0.29) is 6.61 Å². The SMILES string of the molecule is Cc1ccc2nc(C3CCC(=NC4CC4)CC3)nc(N3CC(N)(CO)C3)c2c1. The van der Waals surface area contributed by atoms with Gasteiger partial charge in [-0.25, -0.2) is 9.97 Å². The summed E-state index contributed by atoms with van der Waals surface area (Å²) in [5.74, 6) is 2.32. The second kappa shape index (κ2) is 6.78. The highest BCUT2D eigenvalue weighted by Gasteiger charge is 2.40. The fraction of sp³-hybridized carbons (Fsp3) is 0.591. The molecule has 2 saturated carbocycles. The van der Waals surface area contributed by atoms with Crippen LogP contribution in [0.2, 0.25) is 0 Å². The highest BCUT2D eigenvalue weighted by atomic mass is 16.3. The van der Waals surface area contributed by atoms with E-state index < -0.39 is 5.54 Å². The molecule has 0 spiro atoms. The topological polar surface area (TPSA) is 87.6 Å². The van der Waals surface area contributed by atoms with E-state index in [4.69, 9.17) is 20.7 Å². The number of aliphatic hydroxyl groups excluding tert-OH is 1. The van der Waals surface area contributed by atoms with Crippen LogP contribution in [0.1, 0.15) is 55.8 Å². The summed E-state index contributed by atoms with van der Waals surface area (Å²) in [5.41, 5.74) is 9.28. The van der Waals surface area contributed by atoms with Gasteiger partial charge in [-0.3, -0.25) is 4.99 Å². The number of hydrogen-bond acceptors (Lipinski definition) is 6. The zero-order valence-electron chi connectivity index (χ0n) is 16.6. The Morgan fingerprint density at radius 1 is 1.18 bits per heavy atom. The minimum Gasteiger partial charge on any atom is -0.394 e. The van der Waals surface area contributed by atoms with E-state index in [1.54, 1.807) is 0 Å². The maximum atomic E-state index is 9.52. The van der Waals surface area contributed by atoms with Crippen molar-refractivity contribution in [1.29, 1.82) is 0 Å². The van der Waals surface area contributed by atoms with Gasteiger partial charge in [0.25, 0.3) is 0 Å². The first-order valence-electron chi connectivity index (χ1n) is 10.5. The number of nitrogens with two attached hydrogens (primary N) is 1. The number of fused-ring (bicyclic) bond motifs is 1. The average Bonchev–Trinajstić information content (AvgIpc) is 3.49. The van der Waals surface area contributed by atoms with Gasteiger partial charge in [0.15, 0.2) is 0 Å². The Balaban J connectivity index is 1.44. The molecule has 0 radical (unpaired) electrons. The van der Waals surface area contributed by atoms with Gasteiger partial charge in [-0.15, -0.1) is 0 Å². The molecule has 0 amide bonds. The summed E-state index contributed by atoms with van der Waals surface area (Å²) in [5, 5.41) is 10.6. The third-order valence-electron chi connectivity index (χ3n) is 6.31. The Morgan fingerprint density at radius 2 is 1.93 bits per heavy atom. The van der Waals surface area contributed by atoms with Crippen LogP contribution < -0.4 is 10.6 Å². The second-order valence-electron chi connectivity index (χ2n) is 9.00. The van der Waals surface area contributed by atoms with Crippen molar-refractivity contribution in [1.82, 2.24) is 9.97 Å². The van der Waals surface area contributed by atoms with Crippen molar-refractivity contribution in [3.63, 3.8) is 0 Å². The predicted octanol–water partition coefficient (Wildman–Crippen LogP) is 2.71. The maximum absolute atomic E-state index is 9.52. The Kier molecular flexibility index (Phi) is 4.36. The standard InChI is InChI=1S/C22H29N5O/c1-14-2-9-19-18(10-14)21(27-11-22(23,12-27)13-28)26-20(25-19)15-3-5-16(6-4-15)24-17-7-8-17/h2,9-10,15,17,28H,3-8,11-13,23H2,1H3. The maximum Gasteiger partial charge on any atom is 0.140 e. The highest BCUT2D eigenvalue weighted by Crippen LogP contribution is 2.36. The lowest BCUT2D eigenvalue weighted by atomic mass is 9.87. The van der Waals surface area contributed by atoms with E-state index in [1.807, 2.05) is 0 Å². The van der Waals surface area contributed by atoms with Crippen molar-refractivity contribution in [3.05, 3.63) is 29.6 Å². The smallest absolute Gasteiger partial charge is 0.140 e. The van der Waals surface area contributed by atoms with Crippen molar-refractivity contribution in [3.8, 4) is 0 Å². The molecule has 1 aliphatic heterocycles. The predicted molar refractivity (Wildman–Crippen MR) is 112 cm³/mol. The van der Waals surface area contributed by atoms with Crippen molar-refractivity contribution in [2.45, 2.75) is 62.9 Å². The highest BCUT2D eigenvalue weighted by molar-refractivity contribution is 5.91. The van der Waals surface area contributed by atoms with E-state index in [0.717, 1.165) is 48.2 Å². The number of aromatic nitrogens is 2. The monoisotopic (exact) mass is 379 g/mol. The molecule has 2 aliphatic carbocycles. The van der Waals surface area contributed by atoms with Gasteiger partial charge in [-0.1, -0.05) is 11.6 Å². The van der Waals surface area contributed by atoms with Gasteiger partial charge in [0, 0.05) is 30.1 Å².